The summed E-state index contributed by atoms with van der Waals surface area (Å²) in [5.74, 6) is 0. The van der Waals surface area contributed by atoms with E-state index in [1.165, 1.54) is 15.6 Å². The summed E-state index contributed by atoms with van der Waals surface area (Å²) in [5, 5.41) is 7.66. The van der Waals surface area contributed by atoms with E-state index < -0.39 is 0 Å². The van der Waals surface area contributed by atoms with Crippen LogP contribution in [-0.4, -0.2) is 7.05 Å². The van der Waals surface area contributed by atoms with Crippen LogP contribution in [0.15, 0.2) is 52.3 Å². The highest BCUT2D eigenvalue weighted by Crippen LogP contribution is 2.35. The average molecular weight is 367 g/mol. The number of nitrogens with one attached hydrogen (secondary N) is 1. The molecule has 1 atom stereocenters. The molecular weight excluding hydrogens is 354 g/mol. The van der Waals surface area contributed by atoms with Gasteiger partial charge in [-0.2, -0.15) is 0 Å². The Morgan fingerprint density at radius 2 is 2.00 bits per heavy atom. The fraction of sp³-hybridized carbons (Fsp3) is 0.125. The van der Waals surface area contributed by atoms with Crippen molar-refractivity contribution in [1.29, 1.82) is 0 Å². The lowest BCUT2D eigenvalue weighted by Crippen LogP contribution is -2.17. The van der Waals surface area contributed by atoms with Gasteiger partial charge in [-0.05, 0) is 53.2 Å². The second kappa shape index (κ2) is 5.86. The van der Waals surface area contributed by atoms with Crippen molar-refractivity contribution < 1.29 is 0 Å². The normalized spacial score (nSPS) is 12.8. The number of hydrogen-bond acceptors (Lipinski definition) is 2. The van der Waals surface area contributed by atoms with Crippen LogP contribution in [0.25, 0.3) is 10.1 Å². The minimum atomic E-state index is 0.140. The molecule has 1 unspecified atom stereocenters. The zero-order valence-electron chi connectivity index (χ0n) is 10.9. The first-order valence-corrected chi connectivity index (χ1v) is 8.33. The highest BCUT2D eigenvalue weighted by atomic mass is 79.9. The molecule has 1 heterocycles. The maximum absolute atomic E-state index is 6.18. The Morgan fingerprint density at radius 1 is 1.20 bits per heavy atom. The lowest BCUT2D eigenvalue weighted by Gasteiger charge is -2.17. The molecule has 1 N–H and O–H groups in total. The Kier molecular flexibility index (Phi) is 4.13. The van der Waals surface area contributed by atoms with E-state index in [0.29, 0.717) is 0 Å². The van der Waals surface area contributed by atoms with Crippen molar-refractivity contribution in [3.8, 4) is 0 Å². The summed E-state index contributed by atoms with van der Waals surface area (Å²) in [7, 11) is 1.98. The van der Waals surface area contributed by atoms with Crippen LogP contribution in [0, 0.1) is 0 Å². The molecule has 1 nitrogen and oxygen atoms in total. The van der Waals surface area contributed by atoms with Crippen LogP contribution in [-0.2, 0) is 0 Å². The van der Waals surface area contributed by atoms with Crippen molar-refractivity contribution in [3.05, 3.63) is 68.5 Å². The summed E-state index contributed by atoms with van der Waals surface area (Å²) in [6, 6.07) is 14.7. The molecular formula is C16H13BrClNS. The van der Waals surface area contributed by atoms with Crippen LogP contribution in [0.2, 0.25) is 5.02 Å². The molecule has 0 saturated carbocycles. The van der Waals surface area contributed by atoms with Crippen molar-refractivity contribution in [2.45, 2.75) is 6.04 Å². The molecule has 2 aromatic carbocycles. The second-order valence-corrected chi connectivity index (χ2v) is 6.88. The van der Waals surface area contributed by atoms with E-state index in [2.05, 4.69) is 57.0 Å². The third kappa shape index (κ3) is 2.63. The molecule has 0 saturated heterocycles. The highest BCUT2D eigenvalue weighted by Gasteiger charge is 2.17. The van der Waals surface area contributed by atoms with Crippen molar-refractivity contribution >= 4 is 49.0 Å². The molecule has 0 aliphatic rings. The monoisotopic (exact) mass is 365 g/mol. The largest absolute Gasteiger partial charge is 0.309 e. The predicted octanol–water partition coefficient (Wildman–Crippen LogP) is 5.63. The number of halogens is 2. The lowest BCUT2D eigenvalue weighted by atomic mass is 9.98. The van der Waals surface area contributed by atoms with Crippen molar-refractivity contribution in [3.63, 3.8) is 0 Å². The van der Waals surface area contributed by atoms with E-state index in [-0.39, 0.29) is 6.04 Å². The first-order valence-electron chi connectivity index (χ1n) is 6.28. The summed E-state index contributed by atoms with van der Waals surface area (Å²) >= 11 is 11.5. The van der Waals surface area contributed by atoms with Gasteiger partial charge in [-0.15, -0.1) is 11.3 Å². The molecule has 0 amide bonds. The number of benzene rings is 2. The number of fused-ring (bicyclic) bond motifs is 1. The quantitative estimate of drug-likeness (QED) is 0.634. The Hall–Kier alpha value is -0.870. The van der Waals surface area contributed by atoms with Gasteiger partial charge in [-0.1, -0.05) is 45.7 Å². The molecule has 4 heteroatoms. The van der Waals surface area contributed by atoms with Crippen LogP contribution in [0.5, 0.6) is 0 Å². The summed E-state index contributed by atoms with van der Waals surface area (Å²) in [5.41, 5.74) is 2.46. The van der Waals surface area contributed by atoms with E-state index in [1.54, 1.807) is 11.3 Å². The van der Waals surface area contributed by atoms with E-state index in [1.807, 2.05) is 19.2 Å². The van der Waals surface area contributed by atoms with Gasteiger partial charge < -0.3 is 5.32 Å². The maximum atomic E-state index is 6.18. The molecule has 0 spiro atoms. The fourth-order valence-corrected chi connectivity index (χ4v) is 4.34. The van der Waals surface area contributed by atoms with Gasteiger partial charge >= 0.3 is 0 Å². The fourth-order valence-electron chi connectivity index (χ4n) is 2.47. The molecule has 0 radical (unpaired) electrons. The first kappa shape index (κ1) is 14.1. The second-order valence-electron chi connectivity index (χ2n) is 4.61. The summed E-state index contributed by atoms with van der Waals surface area (Å²) < 4.78 is 2.31. The van der Waals surface area contributed by atoms with Gasteiger partial charge in [0.05, 0.1) is 6.04 Å². The van der Waals surface area contributed by atoms with Gasteiger partial charge in [0.1, 0.15) is 0 Å². The Bertz CT molecular complexity index is 733. The summed E-state index contributed by atoms with van der Waals surface area (Å²) in [4.78, 5) is 0. The first-order chi connectivity index (χ1) is 9.69. The molecule has 0 bridgehead atoms. The molecule has 0 aliphatic carbocycles. The Balaban J connectivity index is 2.14. The minimum Gasteiger partial charge on any atom is -0.309 e. The summed E-state index contributed by atoms with van der Waals surface area (Å²) in [6.45, 7) is 0. The van der Waals surface area contributed by atoms with Crippen molar-refractivity contribution in [1.82, 2.24) is 5.32 Å². The molecule has 3 rings (SSSR count). The van der Waals surface area contributed by atoms with Crippen molar-refractivity contribution in [2.75, 3.05) is 7.05 Å². The van der Waals surface area contributed by atoms with Gasteiger partial charge in [0, 0.05) is 14.2 Å². The Labute approximate surface area is 135 Å². The topological polar surface area (TPSA) is 12.0 Å². The van der Waals surface area contributed by atoms with Crippen molar-refractivity contribution in [2.24, 2.45) is 0 Å². The van der Waals surface area contributed by atoms with Gasteiger partial charge in [-0.3, -0.25) is 0 Å². The van der Waals surface area contributed by atoms with E-state index in [0.717, 1.165) is 15.1 Å². The third-order valence-electron chi connectivity index (χ3n) is 3.33. The molecule has 0 fully saturated rings. The SMILES string of the molecule is CNC(c1cc(Cl)cc(Br)c1)c1csc2ccccc12. The van der Waals surface area contributed by atoms with Crippen LogP contribution in [0.3, 0.4) is 0 Å². The summed E-state index contributed by atoms with van der Waals surface area (Å²) in [6.07, 6.45) is 0. The molecule has 1 aromatic heterocycles. The third-order valence-corrected chi connectivity index (χ3v) is 4.99. The highest BCUT2D eigenvalue weighted by molar-refractivity contribution is 9.10. The van der Waals surface area contributed by atoms with Crippen LogP contribution >= 0.6 is 38.9 Å². The van der Waals surface area contributed by atoms with Gasteiger partial charge in [0.25, 0.3) is 0 Å². The van der Waals surface area contributed by atoms with Gasteiger partial charge in [-0.25, -0.2) is 0 Å². The smallest absolute Gasteiger partial charge is 0.0589 e. The van der Waals surface area contributed by atoms with Crippen LogP contribution in [0.4, 0.5) is 0 Å². The van der Waals surface area contributed by atoms with Crippen LogP contribution in [0.1, 0.15) is 17.2 Å². The molecule has 0 aliphatic heterocycles. The standard InChI is InChI=1S/C16H13BrClNS/c1-19-16(10-6-11(17)8-12(18)7-10)14-9-20-15-5-3-2-4-13(14)15/h2-9,16,19H,1H3. The number of thiophene rings is 1. The van der Waals surface area contributed by atoms with E-state index >= 15 is 0 Å². The molecule has 3 aromatic rings. The number of rotatable bonds is 3. The Morgan fingerprint density at radius 3 is 2.75 bits per heavy atom. The average Bonchev–Trinajstić information content (AvgIpc) is 2.83. The molecule has 20 heavy (non-hydrogen) atoms. The number of hydrogen-bond donors (Lipinski definition) is 1. The van der Waals surface area contributed by atoms with Crippen LogP contribution < -0.4 is 5.32 Å². The lowest BCUT2D eigenvalue weighted by molar-refractivity contribution is 0.698. The van der Waals surface area contributed by atoms with Gasteiger partial charge in [0.15, 0.2) is 0 Å². The molecule has 102 valence electrons. The van der Waals surface area contributed by atoms with E-state index in [9.17, 15) is 0 Å². The van der Waals surface area contributed by atoms with E-state index in [4.69, 9.17) is 11.6 Å². The maximum Gasteiger partial charge on any atom is 0.0589 e. The minimum absolute atomic E-state index is 0.140. The zero-order valence-corrected chi connectivity index (χ0v) is 14.0. The van der Waals surface area contributed by atoms with Gasteiger partial charge in [0.2, 0.25) is 0 Å². The predicted molar refractivity (Wildman–Crippen MR) is 91.9 cm³/mol. The zero-order chi connectivity index (χ0) is 14.1.